The minimum Gasteiger partial charge on any atom is -0.381 e. The third kappa shape index (κ3) is 2.80. The second-order valence-electron chi connectivity index (χ2n) is 4.28. The van der Waals surface area contributed by atoms with Gasteiger partial charge in [0.2, 0.25) is 0 Å². The number of nitrogens with one attached hydrogen (secondary N) is 1. The zero-order chi connectivity index (χ0) is 13.8. The Morgan fingerprint density at radius 3 is 2.65 bits per heavy atom. The van der Waals surface area contributed by atoms with Gasteiger partial charge >= 0.3 is 0 Å². The summed E-state index contributed by atoms with van der Waals surface area (Å²) in [5, 5.41) is 14.2. The lowest BCUT2D eigenvalue weighted by Gasteiger charge is -2.07. The van der Waals surface area contributed by atoms with Crippen molar-refractivity contribution in [3.8, 4) is 5.69 Å². The van der Waals surface area contributed by atoms with Crippen LogP contribution in [0.1, 0.15) is 5.56 Å². The normalized spacial score (nSPS) is 10.4. The molecule has 0 unspecified atom stereocenters. The fourth-order valence-electron chi connectivity index (χ4n) is 1.86. The fourth-order valence-corrected chi connectivity index (χ4v) is 1.86. The molecule has 100 valence electrons. The highest BCUT2D eigenvalue weighted by Crippen LogP contribution is 2.13. The highest BCUT2D eigenvalue weighted by molar-refractivity contribution is 5.48. The van der Waals surface area contributed by atoms with Crippen molar-refractivity contribution in [2.75, 3.05) is 5.32 Å². The van der Waals surface area contributed by atoms with Crippen molar-refractivity contribution >= 4 is 5.69 Å². The number of hydrogen-bond acceptors (Lipinski definition) is 4. The van der Waals surface area contributed by atoms with E-state index in [0.29, 0.717) is 6.54 Å². The van der Waals surface area contributed by atoms with Gasteiger partial charge in [-0.1, -0.05) is 12.1 Å². The molecule has 6 heteroatoms. The van der Waals surface area contributed by atoms with E-state index in [-0.39, 0.29) is 5.82 Å². The molecular formula is C14H12FN5. The number of tetrazole rings is 1. The molecule has 0 aliphatic rings. The Bertz CT molecular complexity index is 679. The summed E-state index contributed by atoms with van der Waals surface area (Å²) in [7, 11) is 0. The summed E-state index contributed by atoms with van der Waals surface area (Å²) in [5.41, 5.74) is 2.73. The number of hydrogen-bond donors (Lipinski definition) is 1. The molecule has 0 atom stereocenters. The molecule has 0 amide bonds. The summed E-state index contributed by atoms with van der Waals surface area (Å²) in [4.78, 5) is 0. The Labute approximate surface area is 115 Å². The van der Waals surface area contributed by atoms with Gasteiger partial charge in [-0.2, -0.15) is 0 Å². The first-order chi connectivity index (χ1) is 9.81. The molecule has 0 aliphatic carbocycles. The number of aromatic nitrogens is 4. The van der Waals surface area contributed by atoms with E-state index in [1.165, 1.54) is 18.5 Å². The summed E-state index contributed by atoms with van der Waals surface area (Å²) in [5.74, 6) is -0.224. The van der Waals surface area contributed by atoms with Crippen LogP contribution in [0.15, 0.2) is 54.9 Å². The number of rotatable bonds is 4. The second kappa shape index (κ2) is 5.48. The van der Waals surface area contributed by atoms with Gasteiger partial charge in [0.25, 0.3) is 0 Å². The Morgan fingerprint density at radius 2 is 1.95 bits per heavy atom. The molecule has 0 aliphatic heterocycles. The number of benzene rings is 2. The predicted molar refractivity (Wildman–Crippen MR) is 72.9 cm³/mol. The lowest BCUT2D eigenvalue weighted by molar-refractivity contribution is 0.626. The summed E-state index contributed by atoms with van der Waals surface area (Å²) in [6.45, 7) is 0.571. The van der Waals surface area contributed by atoms with Crippen molar-refractivity contribution < 1.29 is 4.39 Å². The van der Waals surface area contributed by atoms with Gasteiger partial charge in [-0.15, -0.1) is 5.10 Å². The smallest absolute Gasteiger partial charge is 0.143 e. The van der Waals surface area contributed by atoms with Crippen LogP contribution in [0.25, 0.3) is 5.69 Å². The summed E-state index contributed by atoms with van der Waals surface area (Å²) < 4.78 is 14.6. The van der Waals surface area contributed by atoms with Crippen LogP contribution < -0.4 is 5.32 Å². The average Bonchev–Trinajstić information content (AvgIpc) is 3.00. The lowest BCUT2D eigenvalue weighted by Crippen LogP contribution is -2.00. The Morgan fingerprint density at radius 1 is 1.10 bits per heavy atom. The monoisotopic (exact) mass is 269 g/mol. The maximum atomic E-state index is 13.1. The third-order valence-corrected chi connectivity index (χ3v) is 2.87. The standard InChI is InChI=1S/C14H12FN5/c15-12-3-1-2-11(8-12)9-16-13-4-6-14(7-5-13)20-10-17-18-19-20/h1-8,10,16H,9H2. The topological polar surface area (TPSA) is 55.6 Å². The molecule has 0 radical (unpaired) electrons. The first-order valence-corrected chi connectivity index (χ1v) is 6.13. The molecule has 3 aromatic rings. The minimum atomic E-state index is -0.224. The first-order valence-electron chi connectivity index (χ1n) is 6.13. The van der Waals surface area contributed by atoms with Crippen molar-refractivity contribution in [1.82, 2.24) is 20.2 Å². The van der Waals surface area contributed by atoms with Gasteiger partial charge in [0.15, 0.2) is 0 Å². The van der Waals surface area contributed by atoms with Crippen LogP contribution in [0.5, 0.6) is 0 Å². The summed E-state index contributed by atoms with van der Waals surface area (Å²) >= 11 is 0. The zero-order valence-corrected chi connectivity index (χ0v) is 10.6. The molecule has 1 N–H and O–H groups in total. The maximum absolute atomic E-state index is 13.1. The predicted octanol–water partition coefficient (Wildman–Crippen LogP) is 2.41. The highest BCUT2D eigenvalue weighted by Gasteiger charge is 1.99. The van der Waals surface area contributed by atoms with E-state index < -0.39 is 0 Å². The summed E-state index contributed by atoms with van der Waals surface area (Å²) in [6.07, 6.45) is 1.54. The number of anilines is 1. The van der Waals surface area contributed by atoms with E-state index in [1.807, 2.05) is 30.3 Å². The van der Waals surface area contributed by atoms with Gasteiger partial charge in [0.05, 0.1) is 5.69 Å². The van der Waals surface area contributed by atoms with Gasteiger partial charge in [0.1, 0.15) is 12.1 Å². The molecule has 0 saturated carbocycles. The molecule has 1 aromatic heterocycles. The van der Waals surface area contributed by atoms with Crippen molar-refractivity contribution in [2.45, 2.75) is 6.54 Å². The molecular weight excluding hydrogens is 257 g/mol. The van der Waals surface area contributed by atoms with Gasteiger partial charge < -0.3 is 5.32 Å². The lowest BCUT2D eigenvalue weighted by atomic mass is 10.2. The van der Waals surface area contributed by atoms with E-state index in [0.717, 1.165) is 16.9 Å². The molecule has 0 spiro atoms. The molecule has 0 bridgehead atoms. The molecule has 0 fully saturated rings. The molecule has 0 saturated heterocycles. The van der Waals surface area contributed by atoms with Gasteiger partial charge in [-0.3, -0.25) is 0 Å². The van der Waals surface area contributed by atoms with Crippen LogP contribution in [-0.2, 0) is 6.54 Å². The Kier molecular flexibility index (Phi) is 3.36. The van der Waals surface area contributed by atoms with Gasteiger partial charge in [-0.05, 0) is 52.4 Å². The zero-order valence-electron chi connectivity index (χ0n) is 10.6. The van der Waals surface area contributed by atoms with E-state index in [4.69, 9.17) is 0 Å². The Balaban J connectivity index is 1.67. The molecule has 20 heavy (non-hydrogen) atoms. The fraction of sp³-hybridized carbons (Fsp3) is 0.0714. The Hall–Kier alpha value is -2.76. The van der Waals surface area contributed by atoms with Crippen LogP contribution in [0.4, 0.5) is 10.1 Å². The van der Waals surface area contributed by atoms with Crippen LogP contribution >= 0.6 is 0 Å². The molecule has 1 heterocycles. The SMILES string of the molecule is Fc1cccc(CNc2ccc(-n3cnnn3)cc2)c1. The van der Waals surface area contributed by atoms with Crippen LogP contribution in [-0.4, -0.2) is 20.2 Å². The van der Waals surface area contributed by atoms with Crippen molar-refractivity contribution in [3.05, 3.63) is 66.2 Å². The summed E-state index contributed by atoms with van der Waals surface area (Å²) in [6, 6.07) is 14.2. The molecule has 5 nitrogen and oxygen atoms in total. The van der Waals surface area contributed by atoms with Crippen LogP contribution in [0.3, 0.4) is 0 Å². The highest BCUT2D eigenvalue weighted by atomic mass is 19.1. The quantitative estimate of drug-likeness (QED) is 0.790. The van der Waals surface area contributed by atoms with E-state index in [1.54, 1.807) is 10.7 Å². The minimum absolute atomic E-state index is 0.224. The number of nitrogens with zero attached hydrogens (tertiary/aromatic N) is 4. The number of halogens is 1. The van der Waals surface area contributed by atoms with E-state index in [9.17, 15) is 4.39 Å². The third-order valence-electron chi connectivity index (χ3n) is 2.87. The van der Waals surface area contributed by atoms with Crippen molar-refractivity contribution in [2.24, 2.45) is 0 Å². The average molecular weight is 269 g/mol. The van der Waals surface area contributed by atoms with E-state index >= 15 is 0 Å². The first kappa shape index (κ1) is 12.3. The van der Waals surface area contributed by atoms with Crippen LogP contribution in [0, 0.1) is 5.82 Å². The van der Waals surface area contributed by atoms with Gasteiger partial charge in [0, 0.05) is 12.2 Å². The van der Waals surface area contributed by atoms with Crippen molar-refractivity contribution in [3.63, 3.8) is 0 Å². The maximum Gasteiger partial charge on any atom is 0.143 e. The molecule has 3 rings (SSSR count). The largest absolute Gasteiger partial charge is 0.381 e. The van der Waals surface area contributed by atoms with E-state index in [2.05, 4.69) is 20.8 Å². The second-order valence-corrected chi connectivity index (χ2v) is 4.28. The molecule has 2 aromatic carbocycles. The van der Waals surface area contributed by atoms with Gasteiger partial charge in [-0.25, -0.2) is 9.07 Å². The van der Waals surface area contributed by atoms with Crippen LogP contribution in [0.2, 0.25) is 0 Å². The van der Waals surface area contributed by atoms with Crippen molar-refractivity contribution in [1.29, 1.82) is 0 Å².